The molecule has 1 heterocycles. The maximum Gasteiger partial charge on any atom is 0.136 e. The van der Waals surface area contributed by atoms with E-state index in [1.54, 1.807) is 12.1 Å². The van der Waals surface area contributed by atoms with E-state index in [-0.39, 0.29) is 11.3 Å². The summed E-state index contributed by atoms with van der Waals surface area (Å²) in [6, 6.07) is 6.83. The first-order valence-corrected chi connectivity index (χ1v) is 5.27. The second kappa shape index (κ2) is 4.11. The Bertz CT molecular complexity index is 284. The highest BCUT2D eigenvalue weighted by atomic mass is 32.2. The molecule has 1 aliphatic rings. The minimum Gasteiger partial charge on any atom is -0.367 e. The van der Waals surface area contributed by atoms with Crippen molar-refractivity contribution in [3.63, 3.8) is 0 Å². The van der Waals surface area contributed by atoms with Crippen molar-refractivity contribution in [1.29, 1.82) is 0 Å². The van der Waals surface area contributed by atoms with Crippen LogP contribution in [-0.4, -0.2) is 12.0 Å². The molecule has 1 aromatic carbocycles. The fourth-order valence-electron chi connectivity index (χ4n) is 1.32. The molecular weight excluding hydrogens is 187 g/mol. The van der Waals surface area contributed by atoms with E-state index in [0.29, 0.717) is 4.90 Å². The molecule has 1 saturated heterocycles. The third-order valence-electron chi connectivity index (χ3n) is 1.98. The Labute approximate surface area is 81.3 Å². The molecule has 0 spiro atoms. The van der Waals surface area contributed by atoms with Crippen LogP contribution in [0.4, 0.5) is 4.39 Å². The van der Waals surface area contributed by atoms with Gasteiger partial charge >= 0.3 is 0 Å². The first kappa shape index (κ1) is 9.03. The van der Waals surface area contributed by atoms with E-state index >= 15 is 0 Å². The summed E-state index contributed by atoms with van der Waals surface area (Å²) in [6.45, 7) is 0.812. The van der Waals surface area contributed by atoms with Crippen LogP contribution in [0.25, 0.3) is 0 Å². The molecule has 0 aromatic heterocycles. The van der Waals surface area contributed by atoms with Gasteiger partial charge in [0.2, 0.25) is 0 Å². The van der Waals surface area contributed by atoms with Crippen LogP contribution in [0.5, 0.6) is 0 Å². The van der Waals surface area contributed by atoms with Gasteiger partial charge in [-0.1, -0.05) is 23.9 Å². The molecule has 1 aliphatic heterocycles. The maximum atomic E-state index is 13.2. The molecular formula is C10H11FOS. The van der Waals surface area contributed by atoms with E-state index in [4.69, 9.17) is 4.74 Å². The summed E-state index contributed by atoms with van der Waals surface area (Å²) in [5.41, 5.74) is 0.150. The number of halogens is 1. The number of benzene rings is 1. The van der Waals surface area contributed by atoms with Crippen molar-refractivity contribution in [3.8, 4) is 0 Å². The van der Waals surface area contributed by atoms with E-state index in [9.17, 15) is 4.39 Å². The summed E-state index contributed by atoms with van der Waals surface area (Å²) in [7, 11) is 0. The van der Waals surface area contributed by atoms with Crippen LogP contribution >= 0.6 is 11.8 Å². The van der Waals surface area contributed by atoms with Gasteiger partial charge in [0.05, 0.1) is 0 Å². The topological polar surface area (TPSA) is 9.23 Å². The van der Waals surface area contributed by atoms with Gasteiger partial charge in [-0.05, 0) is 25.0 Å². The van der Waals surface area contributed by atoms with E-state index in [2.05, 4.69) is 0 Å². The van der Waals surface area contributed by atoms with Crippen molar-refractivity contribution < 1.29 is 9.13 Å². The molecule has 1 aromatic rings. The fraction of sp³-hybridized carbons (Fsp3) is 0.400. The summed E-state index contributed by atoms with van der Waals surface area (Å²) >= 11 is 1.48. The zero-order valence-electron chi connectivity index (χ0n) is 7.20. The lowest BCUT2D eigenvalue weighted by Crippen LogP contribution is -1.98. The third-order valence-corrected chi connectivity index (χ3v) is 3.20. The van der Waals surface area contributed by atoms with Crippen LogP contribution in [0, 0.1) is 5.82 Å². The lowest BCUT2D eigenvalue weighted by Gasteiger charge is -2.08. The van der Waals surface area contributed by atoms with Crippen LogP contribution < -0.4 is 0 Å². The summed E-state index contributed by atoms with van der Waals surface area (Å²) in [5.74, 6) is -0.150. The lowest BCUT2D eigenvalue weighted by atomic mass is 10.3. The standard InChI is InChI=1S/C10H11FOS/c11-8-4-1-2-5-9(8)13-10-6-3-7-12-10/h1-2,4-5,10H,3,6-7H2. The average Bonchev–Trinajstić information content (AvgIpc) is 2.61. The Morgan fingerprint density at radius 3 is 2.92 bits per heavy atom. The first-order chi connectivity index (χ1) is 6.36. The monoisotopic (exact) mass is 198 g/mol. The van der Waals surface area contributed by atoms with Crippen LogP contribution in [0.15, 0.2) is 29.2 Å². The van der Waals surface area contributed by atoms with Crippen LogP contribution in [-0.2, 0) is 4.74 Å². The van der Waals surface area contributed by atoms with E-state index in [1.807, 2.05) is 6.07 Å². The Morgan fingerprint density at radius 1 is 1.38 bits per heavy atom. The molecule has 0 radical (unpaired) electrons. The van der Waals surface area contributed by atoms with Gasteiger partial charge in [-0.15, -0.1) is 0 Å². The molecule has 3 heteroatoms. The fourth-order valence-corrected chi connectivity index (χ4v) is 2.39. The minimum absolute atomic E-state index is 0.150. The number of hydrogen-bond donors (Lipinski definition) is 0. The summed E-state index contributed by atoms with van der Waals surface area (Å²) in [5, 5.41) is 0. The predicted octanol–water partition coefficient (Wildman–Crippen LogP) is 3.05. The molecule has 70 valence electrons. The van der Waals surface area contributed by atoms with Crippen LogP contribution in [0.3, 0.4) is 0 Å². The second-order valence-electron chi connectivity index (χ2n) is 2.99. The van der Waals surface area contributed by atoms with Gasteiger partial charge in [0.1, 0.15) is 11.3 Å². The first-order valence-electron chi connectivity index (χ1n) is 4.39. The van der Waals surface area contributed by atoms with Crippen LogP contribution in [0.1, 0.15) is 12.8 Å². The van der Waals surface area contributed by atoms with E-state index < -0.39 is 0 Å². The summed E-state index contributed by atoms with van der Waals surface area (Å²) in [4.78, 5) is 0.689. The highest BCUT2D eigenvalue weighted by Crippen LogP contribution is 2.31. The van der Waals surface area contributed by atoms with Crippen molar-refractivity contribution in [1.82, 2.24) is 0 Å². The number of ether oxygens (including phenoxy) is 1. The van der Waals surface area contributed by atoms with Gasteiger partial charge in [0, 0.05) is 11.5 Å². The minimum atomic E-state index is -0.150. The molecule has 2 rings (SSSR count). The molecule has 0 aliphatic carbocycles. The van der Waals surface area contributed by atoms with E-state index in [0.717, 1.165) is 19.4 Å². The highest BCUT2D eigenvalue weighted by molar-refractivity contribution is 7.99. The largest absolute Gasteiger partial charge is 0.367 e. The number of hydrogen-bond acceptors (Lipinski definition) is 2. The molecule has 0 amide bonds. The normalized spacial score (nSPS) is 22.1. The molecule has 0 N–H and O–H groups in total. The smallest absolute Gasteiger partial charge is 0.136 e. The highest BCUT2D eigenvalue weighted by Gasteiger charge is 2.17. The third kappa shape index (κ3) is 2.23. The quantitative estimate of drug-likeness (QED) is 0.722. The van der Waals surface area contributed by atoms with Crippen molar-refractivity contribution in [2.75, 3.05) is 6.61 Å². The molecule has 1 atom stereocenters. The zero-order chi connectivity index (χ0) is 9.10. The predicted molar refractivity (Wildman–Crippen MR) is 51.2 cm³/mol. The van der Waals surface area contributed by atoms with Crippen molar-refractivity contribution >= 4 is 11.8 Å². The van der Waals surface area contributed by atoms with Crippen molar-refractivity contribution in [3.05, 3.63) is 30.1 Å². The van der Waals surface area contributed by atoms with Gasteiger partial charge in [0.15, 0.2) is 0 Å². The maximum absolute atomic E-state index is 13.2. The molecule has 1 unspecified atom stereocenters. The average molecular weight is 198 g/mol. The molecule has 1 nitrogen and oxygen atoms in total. The lowest BCUT2D eigenvalue weighted by molar-refractivity contribution is 0.173. The van der Waals surface area contributed by atoms with Crippen molar-refractivity contribution in [2.24, 2.45) is 0 Å². The molecule has 13 heavy (non-hydrogen) atoms. The molecule has 0 bridgehead atoms. The number of rotatable bonds is 2. The Kier molecular flexibility index (Phi) is 2.86. The second-order valence-corrected chi connectivity index (χ2v) is 4.19. The Hall–Kier alpha value is -0.540. The van der Waals surface area contributed by atoms with Crippen molar-refractivity contribution in [2.45, 2.75) is 23.2 Å². The van der Waals surface area contributed by atoms with Gasteiger partial charge in [-0.3, -0.25) is 0 Å². The Balaban J connectivity index is 2.04. The summed E-state index contributed by atoms with van der Waals surface area (Å²) < 4.78 is 18.6. The number of thioether (sulfide) groups is 1. The molecule has 1 fully saturated rings. The zero-order valence-corrected chi connectivity index (χ0v) is 8.02. The summed E-state index contributed by atoms with van der Waals surface area (Å²) in [6.07, 6.45) is 2.12. The van der Waals surface area contributed by atoms with E-state index in [1.165, 1.54) is 17.8 Å². The van der Waals surface area contributed by atoms with Gasteiger partial charge in [0.25, 0.3) is 0 Å². The van der Waals surface area contributed by atoms with Gasteiger partial charge < -0.3 is 4.74 Å². The van der Waals surface area contributed by atoms with Gasteiger partial charge in [-0.25, -0.2) is 4.39 Å². The Morgan fingerprint density at radius 2 is 2.23 bits per heavy atom. The molecule has 0 saturated carbocycles. The SMILES string of the molecule is Fc1ccccc1SC1CCCO1. The van der Waals surface area contributed by atoms with Crippen LogP contribution in [0.2, 0.25) is 0 Å². The van der Waals surface area contributed by atoms with Gasteiger partial charge in [-0.2, -0.15) is 0 Å².